The van der Waals surface area contributed by atoms with Crippen molar-refractivity contribution in [3.63, 3.8) is 0 Å². The average Bonchev–Trinajstić information content (AvgIpc) is 2.74. The van der Waals surface area contributed by atoms with E-state index in [9.17, 15) is 15.2 Å². The summed E-state index contributed by atoms with van der Waals surface area (Å²) in [6, 6.07) is 9.94. The first kappa shape index (κ1) is 23.6. The Morgan fingerprint density at radius 3 is 2.59 bits per heavy atom. The molecule has 0 aliphatic heterocycles. The third-order valence-electron chi connectivity index (χ3n) is 6.24. The van der Waals surface area contributed by atoms with Crippen molar-refractivity contribution in [3.8, 4) is 17.2 Å². The summed E-state index contributed by atoms with van der Waals surface area (Å²) in [4.78, 5) is 10.6. The van der Waals surface area contributed by atoms with E-state index in [0.717, 1.165) is 55.2 Å². The lowest BCUT2D eigenvalue weighted by Gasteiger charge is -2.32. The Bertz CT molecular complexity index is 1010. The van der Waals surface area contributed by atoms with E-state index >= 15 is 0 Å². The van der Waals surface area contributed by atoms with Gasteiger partial charge in [0, 0.05) is 23.6 Å². The van der Waals surface area contributed by atoms with Gasteiger partial charge in [-0.05, 0) is 75.3 Å². The molecule has 0 bridgehead atoms. The van der Waals surface area contributed by atoms with Crippen LogP contribution in [0, 0.1) is 16.0 Å². The second-order valence-corrected chi connectivity index (χ2v) is 8.87. The van der Waals surface area contributed by atoms with E-state index in [0.29, 0.717) is 11.5 Å². The first-order valence-corrected chi connectivity index (χ1v) is 11.4. The lowest BCUT2D eigenvalue weighted by atomic mass is 9.73. The van der Waals surface area contributed by atoms with E-state index < -0.39 is 4.92 Å². The number of aromatic hydroxyl groups is 1. The average molecular weight is 436 g/mol. The molecule has 0 spiro atoms. The number of phenolic OH excluding ortho intramolecular Hbond substituents is 1. The summed E-state index contributed by atoms with van der Waals surface area (Å²) in [5, 5.41) is 22.1. The molecule has 1 N–H and O–H groups in total. The van der Waals surface area contributed by atoms with Gasteiger partial charge < -0.3 is 9.84 Å². The molecule has 2 unspecified atom stereocenters. The number of rotatable bonds is 9. The standard InChI is InChI=1S/C27H33NO4/c1-5-6-7-8-20-16-25(29)27(24-15-19(4)9-14-23(24)18(2)3)26(17-20)32-22-12-10-21(11-13-22)28(30)31/h10-13,15-17,23-24,29H,2,5-9,14H2,1,3-4H3. The number of nitro benzene ring substituents is 1. The molecular weight excluding hydrogens is 402 g/mol. The predicted molar refractivity (Wildman–Crippen MR) is 129 cm³/mol. The number of unbranched alkanes of at least 4 members (excludes halogenated alkanes) is 2. The third-order valence-corrected chi connectivity index (χ3v) is 6.24. The summed E-state index contributed by atoms with van der Waals surface area (Å²) in [6.45, 7) is 10.5. The molecule has 170 valence electrons. The number of allylic oxidation sites excluding steroid dienone is 3. The van der Waals surface area contributed by atoms with Crippen LogP contribution in [0.15, 0.2) is 60.2 Å². The number of phenols is 1. The fraction of sp³-hybridized carbons (Fsp3) is 0.407. The highest BCUT2D eigenvalue weighted by Gasteiger charge is 2.31. The topological polar surface area (TPSA) is 72.6 Å². The molecule has 2 aromatic carbocycles. The maximum atomic E-state index is 11.1. The van der Waals surface area contributed by atoms with Crippen LogP contribution in [0.1, 0.15) is 69.9 Å². The SMILES string of the molecule is C=C(C)C1CCC(C)=CC1c1c(O)cc(CCCCC)cc1Oc1ccc([N+](=O)[O-])cc1. The lowest BCUT2D eigenvalue weighted by Crippen LogP contribution is -2.17. The van der Waals surface area contributed by atoms with Crippen LogP contribution in [-0.4, -0.2) is 10.0 Å². The monoisotopic (exact) mass is 435 g/mol. The van der Waals surface area contributed by atoms with Crippen molar-refractivity contribution < 1.29 is 14.8 Å². The normalized spacial score (nSPS) is 18.2. The van der Waals surface area contributed by atoms with Crippen LogP contribution in [0.4, 0.5) is 5.69 Å². The number of ether oxygens (including phenoxy) is 1. The second kappa shape index (κ2) is 10.5. The molecular formula is C27H33NO4. The van der Waals surface area contributed by atoms with Gasteiger partial charge in [0.2, 0.25) is 0 Å². The van der Waals surface area contributed by atoms with Crippen molar-refractivity contribution in [2.75, 3.05) is 0 Å². The maximum Gasteiger partial charge on any atom is 0.269 e. The molecule has 0 fully saturated rings. The van der Waals surface area contributed by atoms with Crippen LogP contribution in [0.5, 0.6) is 17.2 Å². The third kappa shape index (κ3) is 5.58. The van der Waals surface area contributed by atoms with Crippen LogP contribution in [0.3, 0.4) is 0 Å². The van der Waals surface area contributed by atoms with E-state index in [1.165, 1.54) is 17.7 Å². The van der Waals surface area contributed by atoms with Gasteiger partial charge in [-0.2, -0.15) is 0 Å². The zero-order valence-corrected chi connectivity index (χ0v) is 19.3. The number of nitrogens with zero attached hydrogens (tertiary/aromatic N) is 1. The molecule has 32 heavy (non-hydrogen) atoms. The second-order valence-electron chi connectivity index (χ2n) is 8.87. The van der Waals surface area contributed by atoms with E-state index in [-0.39, 0.29) is 23.3 Å². The molecule has 0 saturated carbocycles. The molecule has 0 radical (unpaired) electrons. The molecule has 3 rings (SSSR count). The van der Waals surface area contributed by atoms with Gasteiger partial charge >= 0.3 is 0 Å². The van der Waals surface area contributed by atoms with Gasteiger partial charge in [0.25, 0.3) is 5.69 Å². The quantitative estimate of drug-likeness (QED) is 0.188. The molecule has 5 heteroatoms. The van der Waals surface area contributed by atoms with E-state index in [1.54, 1.807) is 12.1 Å². The molecule has 0 saturated heterocycles. The first-order valence-electron chi connectivity index (χ1n) is 11.4. The largest absolute Gasteiger partial charge is 0.507 e. The summed E-state index contributed by atoms with van der Waals surface area (Å²) in [6.07, 6.45) is 8.38. The number of aryl methyl sites for hydroxylation is 1. The molecule has 2 atom stereocenters. The maximum absolute atomic E-state index is 11.1. The molecule has 5 nitrogen and oxygen atoms in total. The van der Waals surface area contributed by atoms with Crippen LogP contribution < -0.4 is 4.74 Å². The van der Waals surface area contributed by atoms with Crippen molar-refractivity contribution in [2.24, 2.45) is 5.92 Å². The van der Waals surface area contributed by atoms with E-state index in [4.69, 9.17) is 4.74 Å². The number of benzene rings is 2. The Hall–Kier alpha value is -3.08. The fourth-order valence-corrected chi connectivity index (χ4v) is 4.48. The van der Waals surface area contributed by atoms with Crippen LogP contribution in [-0.2, 0) is 6.42 Å². The van der Waals surface area contributed by atoms with Crippen LogP contribution in [0.25, 0.3) is 0 Å². The Balaban J connectivity index is 2.05. The van der Waals surface area contributed by atoms with Crippen molar-refractivity contribution in [1.29, 1.82) is 0 Å². The predicted octanol–water partition coefficient (Wildman–Crippen LogP) is 7.84. The molecule has 0 amide bonds. The highest BCUT2D eigenvalue weighted by atomic mass is 16.6. The van der Waals surface area contributed by atoms with E-state index in [2.05, 4.69) is 26.5 Å². The first-order chi connectivity index (χ1) is 15.3. The fourth-order valence-electron chi connectivity index (χ4n) is 4.48. The van der Waals surface area contributed by atoms with Crippen molar-refractivity contribution in [3.05, 3.63) is 81.4 Å². The van der Waals surface area contributed by atoms with Gasteiger partial charge in [-0.1, -0.05) is 43.6 Å². The number of non-ortho nitro benzene ring substituents is 1. The zero-order chi connectivity index (χ0) is 23.3. The Morgan fingerprint density at radius 1 is 1.25 bits per heavy atom. The molecule has 0 heterocycles. The van der Waals surface area contributed by atoms with Crippen molar-refractivity contribution >= 4 is 5.69 Å². The number of nitro groups is 1. The number of hydrogen-bond donors (Lipinski definition) is 1. The lowest BCUT2D eigenvalue weighted by molar-refractivity contribution is -0.384. The highest BCUT2D eigenvalue weighted by molar-refractivity contribution is 5.54. The summed E-state index contributed by atoms with van der Waals surface area (Å²) >= 11 is 0. The summed E-state index contributed by atoms with van der Waals surface area (Å²) < 4.78 is 6.25. The minimum absolute atomic E-state index is 0.0157. The van der Waals surface area contributed by atoms with Crippen molar-refractivity contribution in [2.45, 2.75) is 65.2 Å². The Labute approximate surface area is 190 Å². The van der Waals surface area contributed by atoms with Gasteiger partial charge in [-0.25, -0.2) is 0 Å². The smallest absolute Gasteiger partial charge is 0.269 e. The van der Waals surface area contributed by atoms with Gasteiger partial charge in [-0.3, -0.25) is 10.1 Å². The van der Waals surface area contributed by atoms with Gasteiger partial charge in [0.05, 0.1) is 4.92 Å². The van der Waals surface area contributed by atoms with Crippen LogP contribution >= 0.6 is 0 Å². The molecule has 2 aromatic rings. The summed E-state index contributed by atoms with van der Waals surface area (Å²) in [5.41, 5.74) is 4.18. The van der Waals surface area contributed by atoms with Gasteiger partial charge in [-0.15, -0.1) is 0 Å². The minimum atomic E-state index is -0.428. The van der Waals surface area contributed by atoms with Gasteiger partial charge in [0.15, 0.2) is 0 Å². The summed E-state index contributed by atoms with van der Waals surface area (Å²) in [5.74, 6) is 1.53. The Kier molecular flexibility index (Phi) is 7.73. The van der Waals surface area contributed by atoms with E-state index in [1.807, 2.05) is 19.1 Å². The van der Waals surface area contributed by atoms with Gasteiger partial charge in [0.1, 0.15) is 17.2 Å². The highest BCUT2D eigenvalue weighted by Crippen LogP contribution is 2.47. The number of hydrogen-bond acceptors (Lipinski definition) is 4. The minimum Gasteiger partial charge on any atom is -0.507 e. The molecule has 0 aromatic heterocycles. The molecule has 1 aliphatic carbocycles. The Morgan fingerprint density at radius 2 is 1.97 bits per heavy atom. The van der Waals surface area contributed by atoms with Crippen molar-refractivity contribution in [1.82, 2.24) is 0 Å². The molecule has 1 aliphatic rings. The van der Waals surface area contributed by atoms with Crippen LogP contribution in [0.2, 0.25) is 0 Å². The zero-order valence-electron chi connectivity index (χ0n) is 19.3. The summed E-state index contributed by atoms with van der Waals surface area (Å²) in [7, 11) is 0.